The maximum absolute atomic E-state index is 2.50. The van der Waals surface area contributed by atoms with Crippen LogP contribution < -0.4 is 0 Å². The van der Waals surface area contributed by atoms with Crippen molar-refractivity contribution in [2.24, 2.45) is 0 Å². The largest absolute Gasteiger partial charge is 0.134 e. The number of thiophene rings is 1. The molecule has 0 saturated carbocycles. The van der Waals surface area contributed by atoms with Gasteiger partial charge in [0.1, 0.15) is 0 Å². The lowest BCUT2D eigenvalue weighted by Gasteiger charge is -2.26. The van der Waals surface area contributed by atoms with Gasteiger partial charge in [-0.2, -0.15) is 0 Å². The molecule has 1 aliphatic rings. The van der Waals surface area contributed by atoms with Crippen molar-refractivity contribution < 1.29 is 0 Å². The second kappa shape index (κ2) is 11.7. The molecule has 0 nitrogen and oxygen atoms in total. The molecule has 1 aromatic heterocycles. The minimum atomic E-state index is -0.181. The second-order valence-electron chi connectivity index (χ2n) is 15.9. The number of benzene rings is 10. The van der Waals surface area contributed by atoms with Crippen LogP contribution in [0.5, 0.6) is 0 Å². The second-order valence-corrected chi connectivity index (χ2v) is 16.9. The number of fused-ring (bicyclic) bond motifs is 11. The summed E-state index contributed by atoms with van der Waals surface area (Å²) in [6.45, 7) is 4.86. The van der Waals surface area contributed by atoms with E-state index in [9.17, 15) is 0 Å². The van der Waals surface area contributed by atoms with Crippen LogP contribution in [0.2, 0.25) is 0 Å². The van der Waals surface area contributed by atoms with Crippen LogP contribution in [-0.4, -0.2) is 0 Å². The fourth-order valence-electron chi connectivity index (χ4n) is 10.3. The zero-order valence-electron chi connectivity index (χ0n) is 31.2. The van der Waals surface area contributed by atoms with Gasteiger partial charge in [0.05, 0.1) is 0 Å². The van der Waals surface area contributed by atoms with Gasteiger partial charge in [0.25, 0.3) is 0 Å². The SMILES string of the molecule is CC1(C)c2ccccc2-c2cc3sc4c5ccccc5ccc4c3c(-c3ccc(-c4c5ccccc5c(-c5ccccc5)c5ccccc45)c4ccccc34)c21. The maximum atomic E-state index is 2.50. The molecule has 1 aliphatic carbocycles. The number of hydrogen-bond donors (Lipinski definition) is 0. The molecule has 11 aromatic rings. The molecule has 0 radical (unpaired) electrons. The summed E-state index contributed by atoms with van der Waals surface area (Å²) in [4.78, 5) is 0. The van der Waals surface area contributed by atoms with E-state index in [-0.39, 0.29) is 5.41 Å². The highest BCUT2D eigenvalue weighted by Crippen LogP contribution is 2.58. The fraction of sp³-hybridized carbons (Fsp3) is 0.0545. The van der Waals surface area contributed by atoms with E-state index in [0.29, 0.717) is 0 Å². The van der Waals surface area contributed by atoms with Crippen molar-refractivity contribution in [1.29, 1.82) is 0 Å². The molecule has 12 rings (SSSR count). The van der Waals surface area contributed by atoms with Crippen molar-refractivity contribution in [3.63, 3.8) is 0 Å². The Hall–Kier alpha value is -6.54. The molecule has 0 aliphatic heterocycles. The van der Waals surface area contributed by atoms with E-state index in [1.807, 2.05) is 11.3 Å². The Kier molecular flexibility index (Phi) is 6.66. The zero-order chi connectivity index (χ0) is 37.1. The summed E-state index contributed by atoms with van der Waals surface area (Å²) in [7, 11) is 0. The Morgan fingerprint density at radius 1 is 0.375 bits per heavy atom. The topological polar surface area (TPSA) is 0 Å². The third kappa shape index (κ3) is 4.29. The minimum Gasteiger partial charge on any atom is -0.134 e. The average molecular weight is 729 g/mol. The van der Waals surface area contributed by atoms with Crippen molar-refractivity contribution in [3.05, 3.63) is 193 Å². The van der Waals surface area contributed by atoms with Crippen LogP contribution in [0.25, 0.3) is 108 Å². The van der Waals surface area contributed by atoms with Crippen molar-refractivity contribution >= 4 is 74.6 Å². The molecule has 10 aromatic carbocycles. The minimum absolute atomic E-state index is 0.181. The molecule has 1 heteroatoms. The molecule has 0 saturated heterocycles. The van der Waals surface area contributed by atoms with Crippen molar-refractivity contribution in [1.82, 2.24) is 0 Å². The standard InChI is InChI=1S/C55H36S/c1-55(2)47-27-15-14-22-38(47)46-32-48-51(45-29-28-33-16-6-7-19-35(33)54(45)56-48)52(53(46)55)44-31-30-43(36-20-8-9-21-37(36)44)50-41-25-12-10-23-39(41)49(34-17-4-3-5-18-34)40-24-11-13-26-42(40)50/h3-32H,1-2H3. The first kappa shape index (κ1) is 31.8. The zero-order valence-corrected chi connectivity index (χ0v) is 32.0. The molecule has 1 heterocycles. The summed E-state index contributed by atoms with van der Waals surface area (Å²) >= 11 is 1.95. The molecular formula is C55H36S. The first-order valence-corrected chi connectivity index (χ1v) is 20.4. The highest BCUT2D eigenvalue weighted by Gasteiger charge is 2.39. The monoisotopic (exact) mass is 728 g/mol. The quantitative estimate of drug-likeness (QED) is 0.159. The first-order chi connectivity index (χ1) is 27.6. The van der Waals surface area contributed by atoms with Gasteiger partial charge in [0.15, 0.2) is 0 Å². The molecule has 0 N–H and O–H groups in total. The van der Waals surface area contributed by atoms with Gasteiger partial charge in [-0.1, -0.05) is 190 Å². The lowest BCUT2D eigenvalue weighted by molar-refractivity contribution is 0.663. The smallest absolute Gasteiger partial charge is 0.0434 e. The molecule has 0 unspecified atom stereocenters. The summed E-state index contributed by atoms with van der Waals surface area (Å²) < 4.78 is 2.71. The Labute approximate surface area is 329 Å². The first-order valence-electron chi connectivity index (χ1n) is 19.6. The lowest BCUT2D eigenvalue weighted by Crippen LogP contribution is -2.16. The predicted octanol–water partition coefficient (Wildman–Crippen LogP) is 16.0. The average Bonchev–Trinajstić information content (AvgIpc) is 3.74. The third-order valence-corrected chi connectivity index (χ3v) is 13.8. The van der Waals surface area contributed by atoms with Gasteiger partial charge in [-0.15, -0.1) is 11.3 Å². The maximum Gasteiger partial charge on any atom is 0.0434 e. The van der Waals surface area contributed by atoms with Crippen molar-refractivity contribution in [3.8, 4) is 44.5 Å². The Balaban J connectivity index is 1.22. The van der Waals surface area contributed by atoms with E-state index >= 15 is 0 Å². The molecular weight excluding hydrogens is 693 g/mol. The molecule has 56 heavy (non-hydrogen) atoms. The highest BCUT2D eigenvalue weighted by atomic mass is 32.1. The summed E-state index contributed by atoms with van der Waals surface area (Å²) in [5, 5.41) is 13.0. The summed E-state index contributed by atoms with van der Waals surface area (Å²) in [5.41, 5.74) is 13.1. The van der Waals surface area contributed by atoms with Crippen LogP contribution in [0.1, 0.15) is 25.0 Å². The van der Waals surface area contributed by atoms with Gasteiger partial charge >= 0.3 is 0 Å². The van der Waals surface area contributed by atoms with Gasteiger partial charge in [-0.25, -0.2) is 0 Å². The van der Waals surface area contributed by atoms with Gasteiger partial charge < -0.3 is 0 Å². The summed E-state index contributed by atoms with van der Waals surface area (Å²) in [6.07, 6.45) is 0. The van der Waals surface area contributed by atoms with Gasteiger partial charge in [-0.05, 0) is 105 Å². The van der Waals surface area contributed by atoms with Crippen LogP contribution in [-0.2, 0) is 5.41 Å². The van der Waals surface area contributed by atoms with Crippen LogP contribution in [0.15, 0.2) is 182 Å². The van der Waals surface area contributed by atoms with Gasteiger partial charge in [0.2, 0.25) is 0 Å². The molecule has 262 valence electrons. The molecule has 0 fully saturated rings. The number of rotatable bonds is 3. The molecule has 0 amide bonds. The molecule has 0 spiro atoms. The fourth-order valence-corrected chi connectivity index (χ4v) is 11.6. The molecule has 0 atom stereocenters. The highest BCUT2D eigenvalue weighted by molar-refractivity contribution is 7.26. The normalized spacial score (nSPS) is 13.3. The predicted molar refractivity (Wildman–Crippen MR) is 243 cm³/mol. The Morgan fingerprint density at radius 3 is 1.59 bits per heavy atom. The van der Waals surface area contributed by atoms with Crippen molar-refractivity contribution in [2.75, 3.05) is 0 Å². The van der Waals surface area contributed by atoms with Gasteiger partial charge in [0, 0.05) is 25.6 Å². The summed E-state index contributed by atoms with van der Waals surface area (Å²) in [5.74, 6) is 0. The Morgan fingerprint density at radius 2 is 0.911 bits per heavy atom. The van der Waals surface area contributed by atoms with E-state index < -0.39 is 0 Å². The van der Waals surface area contributed by atoms with Gasteiger partial charge in [-0.3, -0.25) is 0 Å². The third-order valence-electron chi connectivity index (χ3n) is 12.6. The summed E-state index contributed by atoms with van der Waals surface area (Å²) in [6, 6.07) is 68.1. The molecule has 0 bridgehead atoms. The van der Waals surface area contributed by atoms with E-state index in [4.69, 9.17) is 0 Å². The van der Waals surface area contributed by atoms with Crippen LogP contribution >= 0.6 is 11.3 Å². The Bertz CT molecular complexity index is 3380. The van der Waals surface area contributed by atoms with Crippen LogP contribution in [0.4, 0.5) is 0 Å². The van der Waals surface area contributed by atoms with E-state index in [1.165, 1.54) is 119 Å². The van der Waals surface area contributed by atoms with E-state index in [0.717, 1.165) is 0 Å². The van der Waals surface area contributed by atoms with E-state index in [2.05, 4.69) is 196 Å². The lowest BCUT2D eigenvalue weighted by atomic mass is 9.76. The van der Waals surface area contributed by atoms with E-state index in [1.54, 1.807) is 0 Å². The van der Waals surface area contributed by atoms with Crippen LogP contribution in [0, 0.1) is 0 Å². The number of hydrogen-bond acceptors (Lipinski definition) is 1. The van der Waals surface area contributed by atoms with Crippen molar-refractivity contribution in [2.45, 2.75) is 19.3 Å². The van der Waals surface area contributed by atoms with Crippen LogP contribution in [0.3, 0.4) is 0 Å².